The predicted octanol–water partition coefficient (Wildman–Crippen LogP) is 13.2. The molecule has 0 radical (unpaired) electrons. The van der Waals surface area contributed by atoms with Crippen molar-refractivity contribution in [1.82, 2.24) is 0 Å². The summed E-state index contributed by atoms with van der Waals surface area (Å²) in [6.45, 7) is 2.11. The van der Waals surface area contributed by atoms with Gasteiger partial charge in [0.2, 0.25) is 0 Å². The minimum absolute atomic E-state index is 0.121. The number of amidine groups is 1. The molecule has 0 saturated carbocycles. The summed E-state index contributed by atoms with van der Waals surface area (Å²) in [5.41, 5.74) is 19.4. The molecule has 4 nitrogen and oxygen atoms in total. The lowest BCUT2D eigenvalue weighted by Crippen LogP contribution is -2.10. The summed E-state index contributed by atoms with van der Waals surface area (Å²) in [5.74, 6) is 0.121. The third-order valence-electron chi connectivity index (χ3n) is 9.45. The molecule has 0 amide bonds. The highest BCUT2D eigenvalue weighted by Crippen LogP contribution is 2.39. The first-order chi connectivity index (χ1) is 27.0. The van der Waals surface area contributed by atoms with Crippen LogP contribution in [0.5, 0.6) is 0 Å². The zero-order valence-electron chi connectivity index (χ0n) is 30.6. The van der Waals surface area contributed by atoms with E-state index in [2.05, 4.69) is 134 Å². The van der Waals surface area contributed by atoms with Crippen LogP contribution in [0.15, 0.2) is 205 Å². The number of hydrogen-bond acceptors (Lipinski definition) is 3. The number of nitrogen functional groups attached to an aromatic ring is 1. The summed E-state index contributed by atoms with van der Waals surface area (Å²) in [7, 11) is 0. The van der Waals surface area contributed by atoms with Gasteiger partial charge in [-0.15, -0.1) is 0 Å². The van der Waals surface area contributed by atoms with E-state index >= 15 is 0 Å². The Kier molecular flexibility index (Phi) is 11.2. The van der Waals surface area contributed by atoms with Gasteiger partial charge in [0, 0.05) is 28.1 Å². The van der Waals surface area contributed by atoms with Crippen LogP contribution in [-0.4, -0.2) is 12.1 Å². The SMILES string of the molecule is Cc1ccc(-c2ccccc2)cc1.N=C(N)c1ccccc1.N=Cc1cccc2oc3ccc(-c4ccc(-c5ccccc5)cc4-c4ccccc4)cc3c12. The van der Waals surface area contributed by atoms with Crippen LogP contribution in [0.4, 0.5) is 0 Å². The van der Waals surface area contributed by atoms with E-state index in [4.69, 9.17) is 21.0 Å². The molecule has 9 rings (SSSR count). The van der Waals surface area contributed by atoms with Crippen molar-refractivity contribution < 1.29 is 4.42 Å². The lowest BCUT2D eigenvalue weighted by atomic mass is 9.90. The maximum absolute atomic E-state index is 7.84. The van der Waals surface area contributed by atoms with Gasteiger partial charge in [0.1, 0.15) is 17.0 Å². The monoisotopic (exact) mass is 711 g/mol. The Morgan fingerprint density at radius 1 is 0.473 bits per heavy atom. The van der Waals surface area contributed by atoms with Crippen LogP contribution in [0.2, 0.25) is 0 Å². The first kappa shape index (κ1) is 36.1. The molecule has 266 valence electrons. The maximum Gasteiger partial charge on any atom is 0.136 e. The quantitative estimate of drug-likeness (QED) is 0.118. The normalized spacial score (nSPS) is 10.5. The molecule has 0 fully saturated rings. The molecule has 0 bridgehead atoms. The van der Waals surface area contributed by atoms with Crippen molar-refractivity contribution in [3.63, 3.8) is 0 Å². The van der Waals surface area contributed by atoms with E-state index in [-0.39, 0.29) is 5.84 Å². The van der Waals surface area contributed by atoms with Gasteiger partial charge in [-0.05, 0) is 75.7 Å². The Balaban J connectivity index is 0.000000172. The van der Waals surface area contributed by atoms with Gasteiger partial charge in [-0.2, -0.15) is 0 Å². The van der Waals surface area contributed by atoms with E-state index in [1.807, 2.05) is 72.8 Å². The number of aryl methyl sites for hydroxylation is 1. The van der Waals surface area contributed by atoms with Gasteiger partial charge in [-0.25, -0.2) is 0 Å². The summed E-state index contributed by atoms with van der Waals surface area (Å²) < 4.78 is 6.07. The van der Waals surface area contributed by atoms with Crippen molar-refractivity contribution in [2.45, 2.75) is 6.92 Å². The molecule has 0 aliphatic heterocycles. The molecule has 1 aromatic heterocycles. The third kappa shape index (κ3) is 8.51. The van der Waals surface area contributed by atoms with E-state index in [0.717, 1.165) is 38.6 Å². The number of nitrogens with two attached hydrogens (primary N) is 1. The summed E-state index contributed by atoms with van der Waals surface area (Å²) in [6, 6.07) is 68.2. The molecule has 0 unspecified atom stereocenters. The fourth-order valence-electron chi connectivity index (χ4n) is 6.60. The molecule has 55 heavy (non-hydrogen) atoms. The Bertz CT molecular complexity index is 2670. The molecule has 9 aromatic rings. The van der Waals surface area contributed by atoms with Crippen LogP contribution < -0.4 is 5.73 Å². The highest BCUT2D eigenvalue weighted by molar-refractivity contribution is 6.13. The van der Waals surface area contributed by atoms with Crippen molar-refractivity contribution in [3.8, 4) is 44.5 Å². The van der Waals surface area contributed by atoms with Gasteiger partial charge >= 0.3 is 0 Å². The molecule has 0 atom stereocenters. The van der Waals surface area contributed by atoms with Crippen LogP contribution >= 0.6 is 0 Å². The number of rotatable bonds is 6. The number of furan rings is 1. The third-order valence-corrected chi connectivity index (χ3v) is 9.45. The van der Waals surface area contributed by atoms with Crippen molar-refractivity contribution in [2.75, 3.05) is 0 Å². The molecule has 4 N–H and O–H groups in total. The molecule has 1 heterocycles. The van der Waals surface area contributed by atoms with Crippen LogP contribution in [0.1, 0.15) is 16.7 Å². The van der Waals surface area contributed by atoms with E-state index < -0.39 is 0 Å². The Morgan fingerprint density at radius 2 is 1.00 bits per heavy atom. The lowest BCUT2D eigenvalue weighted by molar-refractivity contribution is 0.669. The number of fused-ring (bicyclic) bond motifs is 3. The fraction of sp³-hybridized carbons (Fsp3) is 0.0196. The zero-order chi connectivity index (χ0) is 38.0. The molecule has 0 aliphatic carbocycles. The largest absolute Gasteiger partial charge is 0.456 e. The number of benzene rings is 8. The molecular formula is C51H41N3O. The van der Waals surface area contributed by atoms with Crippen LogP contribution in [0, 0.1) is 17.7 Å². The van der Waals surface area contributed by atoms with E-state index in [0.29, 0.717) is 0 Å². The highest BCUT2D eigenvalue weighted by Gasteiger charge is 2.14. The minimum Gasteiger partial charge on any atom is -0.456 e. The lowest BCUT2D eigenvalue weighted by Gasteiger charge is -2.13. The van der Waals surface area contributed by atoms with Gasteiger partial charge in [0.25, 0.3) is 0 Å². The van der Waals surface area contributed by atoms with Crippen molar-refractivity contribution in [3.05, 3.63) is 217 Å². The van der Waals surface area contributed by atoms with Crippen molar-refractivity contribution in [2.24, 2.45) is 5.73 Å². The highest BCUT2D eigenvalue weighted by atomic mass is 16.3. The fourth-order valence-corrected chi connectivity index (χ4v) is 6.60. The average molecular weight is 712 g/mol. The first-order valence-corrected chi connectivity index (χ1v) is 18.2. The van der Waals surface area contributed by atoms with E-state index in [9.17, 15) is 0 Å². The standard InChI is InChI=1S/C31H21NO.C13H12.C7H8N2/c32-20-25-12-7-13-30-31(25)28-19-24(15-17-29(28)33-30)26-16-14-23(21-8-3-1-4-9-21)18-27(26)22-10-5-2-6-11-22;1-11-7-9-13(10-8-11)12-5-3-2-4-6-12;8-7(9)6-4-2-1-3-5-6/h1-20,32H;2-10H,1H3;1-5H,(H3,8,9). The Morgan fingerprint density at radius 3 is 1.58 bits per heavy atom. The molecule has 8 aromatic carbocycles. The molecule has 0 aliphatic rings. The van der Waals surface area contributed by atoms with E-state index in [1.165, 1.54) is 50.7 Å². The predicted molar refractivity (Wildman–Crippen MR) is 232 cm³/mol. The van der Waals surface area contributed by atoms with Gasteiger partial charge in [-0.3, -0.25) is 5.41 Å². The van der Waals surface area contributed by atoms with Gasteiger partial charge < -0.3 is 15.6 Å². The maximum atomic E-state index is 7.84. The van der Waals surface area contributed by atoms with Gasteiger partial charge in [0.05, 0.1) is 0 Å². The second-order valence-corrected chi connectivity index (χ2v) is 13.2. The average Bonchev–Trinajstić information content (AvgIpc) is 3.64. The van der Waals surface area contributed by atoms with Crippen LogP contribution in [0.25, 0.3) is 66.4 Å². The molecule has 4 heteroatoms. The minimum atomic E-state index is 0.121. The summed E-state index contributed by atoms with van der Waals surface area (Å²) in [6.07, 6.45) is 1.40. The first-order valence-electron chi connectivity index (χ1n) is 18.2. The Labute approximate surface area is 322 Å². The van der Waals surface area contributed by atoms with Crippen molar-refractivity contribution >= 4 is 34.0 Å². The summed E-state index contributed by atoms with van der Waals surface area (Å²) in [4.78, 5) is 0. The number of hydrogen-bond donors (Lipinski definition) is 3. The second kappa shape index (κ2) is 17.0. The van der Waals surface area contributed by atoms with E-state index in [1.54, 1.807) is 0 Å². The number of nitrogens with one attached hydrogen (secondary N) is 2. The topological polar surface area (TPSA) is 86.9 Å². The summed E-state index contributed by atoms with van der Waals surface area (Å²) >= 11 is 0. The van der Waals surface area contributed by atoms with Crippen LogP contribution in [-0.2, 0) is 0 Å². The van der Waals surface area contributed by atoms with Crippen LogP contribution in [0.3, 0.4) is 0 Å². The zero-order valence-corrected chi connectivity index (χ0v) is 30.6. The molecule has 0 spiro atoms. The smallest absolute Gasteiger partial charge is 0.136 e. The van der Waals surface area contributed by atoms with Gasteiger partial charge in [-0.1, -0.05) is 181 Å². The van der Waals surface area contributed by atoms with Gasteiger partial charge in [0.15, 0.2) is 0 Å². The Hall–Kier alpha value is -7.30. The van der Waals surface area contributed by atoms with Crippen molar-refractivity contribution in [1.29, 1.82) is 10.8 Å². The summed E-state index contributed by atoms with van der Waals surface area (Å²) in [5, 5.41) is 16.9. The molecule has 0 saturated heterocycles. The molecular weight excluding hydrogens is 671 g/mol. The second-order valence-electron chi connectivity index (χ2n) is 13.2.